The summed E-state index contributed by atoms with van der Waals surface area (Å²) in [5.41, 5.74) is 0.122. The van der Waals surface area contributed by atoms with Crippen LogP contribution < -0.4 is 4.90 Å². The molecule has 1 rings (SSSR count). The first-order chi connectivity index (χ1) is 8.38. The van der Waals surface area contributed by atoms with Crippen LogP contribution in [0.25, 0.3) is 0 Å². The van der Waals surface area contributed by atoms with E-state index in [4.69, 9.17) is 4.74 Å². The zero-order chi connectivity index (χ0) is 13.9. The van der Waals surface area contributed by atoms with E-state index in [1.54, 1.807) is 6.92 Å². The van der Waals surface area contributed by atoms with Crippen molar-refractivity contribution in [2.75, 3.05) is 18.6 Å². The lowest BCUT2D eigenvalue weighted by Gasteiger charge is -2.19. The van der Waals surface area contributed by atoms with Crippen LogP contribution in [0, 0.1) is 0 Å². The van der Waals surface area contributed by atoms with Crippen molar-refractivity contribution in [2.45, 2.75) is 33.7 Å². The Balaban J connectivity index is 3.16. The summed E-state index contributed by atoms with van der Waals surface area (Å²) in [5, 5.41) is 0.651. The van der Waals surface area contributed by atoms with Crippen LogP contribution in [0.5, 0.6) is 0 Å². The third-order valence-electron chi connectivity index (χ3n) is 2.48. The predicted octanol–water partition coefficient (Wildman–Crippen LogP) is 2.37. The second-order valence-electron chi connectivity index (χ2n) is 4.16. The van der Waals surface area contributed by atoms with Gasteiger partial charge in [0.2, 0.25) is 0 Å². The summed E-state index contributed by atoms with van der Waals surface area (Å²) in [6, 6.07) is 0.242. The molecule has 0 aliphatic carbocycles. The Bertz CT molecular complexity index is 454. The number of thiazole rings is 1. The molecule has 100 valence electrons. The highest BCUT2D eigenvalue weighted by molar-refractivity contribution is 7.17. The number of carbonyl (C=O) groups excluding carboxylic acids is 2. The van der Waals surface area contributed by atoms with Crippen LogP contribution in [0.4, 0.5) is 5.13 Å². The van der Waals surface area contributed by atoms with Gasteiger partial charge < -0.3 is 9.64 Å². The SMILES string of the molecule is CCOC(=O)c1nc(N(C)C(C)C)sc1C(C)=O. The number of hydrogen-bond donors (Lipinski definition) is 0. The first-order valence-corrected chi connectivity index (χ1v) is 6.61. The highest BCUT2D eigenvalue weighted by Crippen LogP contribution is 2.27. The normalized spacial score (nSPS) is 10.6. The van der Waals surface area contributed by atoms with Gasteiger partial charge in [0.25, 0.3) is 0 Å². The molecule has 5 nitrogen and oxygen atoms in total. The van der Waals surface area contributed by atoms with E-state index < -0.39 is 5.97 Å². The molecule has 1 heterocycles. The van der Waals surface area contributed by atoms with Crippen molar-refractivity contribution in [1.82, 2.24) is 4.98 Å². The molecule has 18 heavy (non-hydrogen) atoms. The van der Waals surface area contributed by atoms with Gasteiger partial charge in [-0.05, 0) is 20.8 Å². The fraction of sp³-hybridized carbons (Fsp3) is 0.583. The van der Waals surface area contributed by atoms with E-state index >= 15 is 0 Å². The molecule has 0 amide bonds. The van der Waals surface area contributed by atoms with Crippen LogP contribution in [0.2, 0.25) is 0 Å². The number of nitrogens with zero attached hydrogens (tertiary/aromatic N) is 2. The highest BCUT2D eigenvalue weighted by atomic mass is 32.1. The van der Waals surface area contributed by atoms with E-state index in [-0.39, 0.29) is 24.1 Å². The standard InChI is InChI=1S/C12H18N2O3S/c1-6-17-11(16)9-10(8(4)15)18-12(13-9)14(5)7(2)3/h7H,6H2,1-5H3. The molecular formula is C12H18N2O3S. The lowest BCUT2D eigenvalue weighted by atomic mass is 10.3. The van der Waals surface area contributed by atoms with Crippen LogP contribution in [0.3, 0.4) is 0 Å². The van der Waals surface area contributed by atoms with Gasteiger partial charge in [-0.1, -0.05) is 11.3 Å². The molecule has 0 aliphatic rings. The minimum atomic E-state index is -0.539. The molecule has 1 aromatic rings. The number of esters is 1. The number of aromatic nitrogens is 1. The number of rotatable bonds is 5. The van der Waals surface area contributed by atoms with Crippen LogP contribution in [-0.4, -0.2) is 36.4 Å². The van der Waals surface area contributed by atoms with Gasteiger partial charge in [0.1, 0.15) is 4.88 Å². The Morgan fingerprint density at radius 2 is 2.06 bits per heavy atom. The van der Waals surface area contributed by atoms with Crippen LogP contribution in [-0.2, 0) is 4.74 Å². The van der Waals surface area contributed by atoms with Gasteiger partial charge in [-0.25, -0.2) is 9.78 Å². The lowest BCUT2D eigenvalue weighted by molar-refractivity contribution is 0.0517. The molecular weight excluding hydrogens is 252 g/mol. The van der Waals surface area contributed by atoms with E-state index in [2.05, 4.69) is 4.98 Å². The number of ketones is 1. The van der Waals surface area contributed by atoms with Crippen molar-refractivity contribution in [3.8, 4) is 0 Å². The van der Waals surface area contributed by atoms with Gasteiger partial charge >= 0.3 is 5.97 Å². The summed E-state index contributed by atoms with van der Waals surface area (Å²) in [7, 11) is 1.88. The van der Waals surface area contributed by atoms with Crippen molar-refractivity contribution in [3.05, 3.63) is 10.6 Å². The summed E-state index contributed by atoms with van der Waals surface area (Å²) < 4.78 is 4.91. The number of Topliss-reactive ketones (excluding diaryl/α,β-unsaturated/α-hetero) is 1. The molecule has 0 atom stereocenters. The molecule has 0 spiro atoms. The summed E-state index contributed by atoms with van der Waals surface area (Å²) in [6.45, 7) is 7.44. The zero-order valence-electron chi connectivity index (χ0n) is 11.3. The number of hydrogen-bond acceptors (Lipinski definition) is 6. The zero-order valence-corrected chi connectivity index (χ0v) is 12.1. The molecule has 0 radical (unpaired) electrons. The fourth-order valence-corrected chi connectivity index (χ4v) is 2.30. The average Bonchev–Trinajstić information content (AvgIpc) is 2.72. The Kier molecular flexibility index (Phi) is 4.84. The second kappa shape index (κ2) is 5.95. The maximum absolute atomic E-state index is 11.7. The third kappa shape index (κ3) is 3.07. The maximum atomic E-state index is 11.7. The van der Waals surface area contributed by atoms with Gasteiger partial charge in [-0.3, -0.25) is 4.79 Å². The van der Waals surface area contributed by atoms with Crippen LogP contribution >= 0.6 is 11.3 Å². The molecule has 0 saturated heterocycles. The summed E-state index contributed by atoms with van der Waals surface area (Å²) >= 11 is 1.22. The van der Waals surface area contributed by atoms with Gasteiger partial charge in [0, 0.05) is 20.0 Å². The third-order valence-corrected chi connectivity index (χ3v) is 3.73. The Morgan fingerprint density at radius 3 is 2.50 bits per heavy atom. The monoisotopic (exact) mass is 270 g/mol. The smallest absolute Gasteiger partial charge is 0.358 e. The van der Waals surface area contributed by atoms with Gasteiger partial charge in [-0.2, -0.15) is 0 Å². The Hall–Kier alpha value is -1.43. The molecule has 0 unspecified atom stereocenters. The first kappa shape index (κ1) is 14.6. The molecule has 1 aromatic heterocycles. The van der Waals surface area contributed by atoms with Crippen molar-refractivity contribution in [2.24, 2.45) is 0 Å². The summed E-state index contributed by atoms with van der Waals surface area (Å²) in [5.74, 6) is -0.707. The Morgan fingerprint density at radius 1 is 1.44 bits per heavy atom. The van der Waals surface area contributed by atoms with Gasteiger partial charge in [-0.15, -0.1) is 0 Å². The molecule has 0 saturated carbocycles. The molecule has 0 N–H and O–H groups in total. The number of ether oxygens (including phenoxy) is 1. The van der Waals surface area contributed by atoms with E-state index in [0.29, 0.717) is 10.0 Å². The van der Waals surface area contributed by atoms with Crippen molar-refractivity contribution >= 4 is 28.2 Å². The number of anilines is 1. The van der Waals surface area contributed by atoms with Crippen molar-refractivity contribution < 1.29 is 14.3 Å². The second-order valence-corrected chi connectivity index (χ2v) is 5.13. The molecule has 0 bridgehead atoms. The highest BCUT2D eigenvalue weighted by Gasteiger charge is 2.24. The minimum absolute atomic E-state index is 0.122. The van der Waals surface area contributed by atoms with E-state index in [1.807, 2.05) is 25.8 Å². The van der Waals surface area contributed by atoms with Crippen LogP contribution in [0.1, 0.15) is 47.9 Å². The van der Waals surface area contributed by atoms with Gasteiger partial charge in [0.05, 0.1) is 6.61 Å². The minimum Gasteiger partial charge on any atom is -0.461 e. The van der Waals surface area contributed by atoms with Gasteiger partial charge in [0.15, 0.2) is 16.6 Å². The average molecular weight is 270 g/mol. The van der Waals surface area contributed by atoms with E-state index in [9.17, 15) is 9.59 Å². The molecule has 0 aliphatic heterocycles. The number of carbonyl (C=O) groups is 2. The summed E-state index contributed by atoms with van der Waals surface area (Å²) in [4.78, 5) is 29.7. The molecule has 0 aromatic carbocycles. The Labute approximate surface area is 111 Å². The summed E-state index contributed by atoms with van der Waals surface area (Å²) in [6.07, 6.45) is 0. The fourth-order valence-electron chi connectivity index (χ4n) is 1.26. The van der Waals surface area contributed by atoms with E-state index in [1.165, 1.54) is 18.3 Å². The first-order valence-electron chi connectivity index (χ1n) is 5.80. The van der Waals surface area contributed by atoms with Crippen LogP contribution in [0.15, 0.2) is 0 Å². The van der Waals surface area contributed by atoms with Crippen molar-refractivity contribution in [1.29, 1.82) is 0 Å². The molecule has 6 heteroatoms. The molecule has 0 fully saturated rings. The van der Waals surface area contributed by atoms with E-state index in [0.717, 1.165) is 0 Å². The quantitative estimate of drug-likeness (QED) is 0.607. The predicted molar refractivity (Wildman–Crippen MR) is 71.6 cm³/mol. The lowest BCUT2D eigenvalue weighted by Crippen LogP contribution is -2.25. The van der Waals surface area contributed by atoms with Crippen molar-refractivity contribution in [3.63, 3.8) is 0 Å². The topological polar surface area (TPSA) is 59.5 Å². The largest absolute Gasteiger partial charge is 0.461 e. The maximum Gasteiger partial charge on any atom is 0.358 e.